The van der Waals surface area contributed by atoms with Crippen molar-refractivity contribution < 1.29 is 89.4 Å². The van der Waals surface area contributed by atoms with Crippen LogP contribution in [0.25, 0.3) is 0 Å². The van der Waals surface area contributed by atoms with Gasteiger partial charge in [0.25, 0.3) is 0 Å². The number of carbonyl (C=O) groups is 1. The van der Waals surface area contributed by atoms with Gasteiger partial charge in [-0.2, -0.15) is 0 Å². The third-order valence-corrected chi connectivity index (χ3v) is 14.3. The van der Waals surface area contributed by atoms with Crippen LogP contribution in [-0.4, -0.2) is 193 Å². The first-order valence-electron chi connectivity index (χ1n) is 28.9. The molecule has 0 bridgehead atoms. The van der Waals surface area contributed by atoms with Crippen LogP contribution in [0, 0.1) is 0 Å². The number of hydrogen-bond acceptors (Lipinski definition) is 18. The van der Waals surface area contributed by atoms with Crippen LogP contribution in [0.1, 0.15) is 174 Å². The lowest BCUT2D eigenvalue weighted by atomic mass is 9.96. The maximum atomic E-state index is 13.3. The summed E-state index contributed by atoms with van der Waals surface area (Å²) in [5.41, 5.74) is 0. The van der Waals surface area contributed by atoms with E-state index >= 15 is 0 Å². The molecular formula is C57H101NO18. The molecule has 0 aliphatic carbocycles. The molecule has 17 unspecified atom stereocenters. The van der Waals surface area contributed by atoms with E-state index in [1.165, 1.54) is 77.0 Å². The van der Waals surface area contributed by atoms with Crippen LogP contribution < -0.4 is 5.32 Å². The molecule has 3 heterocycles. The first-order valence-corrected chi connectivity index (χ1v) is 28.9. The predicted molar refractivity (Wildman–Crippen MR) is 286 cm³/mol. The average molecular weight is 1090 g/mol. The first kappa shape index (κ1) is 68.0. The van der Waals surface area contributed by atoms with Crippen molar-refractivity contribution in [2.45, 2.75) is 279 Å². The molecule has 17 atom stereocenters. The zero-order chi connectivity index (χ0) is 55.5. The number of nitrogens with one attached hydrogen (secondary N) is 1. The lowest BCUT2D eigenvalue weighted by Gasteiger charge is -2.48. The molecule has 0 radical (unpaired) electrons. The molecule has 0 aromatic rings. The van der Waals surface area contributed by atoms with E-state index in [1.54, 1.807) is 6.08 Å². The molecule has 0 saturated carbocycles. The largest absolute Gasteiger partial charge is 0.394 e. The summed E-state index contributed by atoms with van der Waals surface area (Å²) in [6.07, 6.45) is 16.8. The Hall–Kier alpha value is -2.25. The molecule has 19 nitrogen and oxygen atoms in total. The van der Waals surface area contributed by atoms with Crippen molar-refractivity contribution in [3.05, 3.63) is 48.6 Å². The first-order chi connectivity index (χ1) is 36.8. The maximum Gasteiger partial charge on any atom is 0.220 e. The van der Waals surface area contributed by atoms with Crippen LogP contribution in [0.2, 0.25) is 0 Å². The second-order valence-electron chi connectivity index (χ2n) is 20.7. The van der Waals surface area contributed by atoms with Crippen molar-refractivity contribution in [1.82, 2.24) is 5.32 Å². The summed E-state index contributed by atoms with van der Waals surface area (Å²) in [7, 11) is 0. The number of ether oxygens (including phenoxy) is 6. The van der Waals surface area contributed by atoms with Crippen LogP contribution in [0.15, 0.2) is 48.6 Å². The number of allylic oxidation sites excluding steroid dienone is 7. The van der Waals surface area contributed by atoms with Crippen molar-refractivity contribution >= 4 is 5.91 Å². The number of hydrogen-bond donors (Lipinski definition) is 12. The Morgan fingerprint density at radius 1 is 0.461 bits per heavy atom. The van der Waals surface area contributed by atoms with E-state index in [0.29, 0.717) is 12.8 Å². The molecule has 76 heavy (non-hydrogen) atoms. The summed E-state index contributed by atoms with van der Waals surface area (Å²) in [5, 5.41) is 120. The van der Waals surface area contributed by atoms with E-state index in [9.17, 15) is 61.0 Å². The van der Waals surface area contributed by atoms with Crippen molar-refractivity contribution in [2.75, 3.05) is 26.4 Å². The summed E-state index contributed by atoms with van der Waals surface area (Å²) in [5.74, 6) is -0.303. The number of aliphatic hydroxyl groups is 11. The minimum atomic E-state index is -1.98. The number of amides is 1. The van der Waals surface area contributed by atoms with Gasteiger partial charge in [0.2, 0.25) is 5.91 Å². The third kappa shape index (κ3) is 25.0. The van der Waals surface area contributed by atoms with E-state index in [2.05, 4.69) is 55.6 Å². The van der Waals surface area contributed by atoms with Crippen molar-refractivity contribution in [3.63, 3.8) is 0 Å². The molecule has 0 spiro atoms. The van der Waals surface area contributed by atoms with E-state index in [4.69, 9.17) is 28.4 Å². The lowest BCUT2D eigenvalue weighted by molar-refractivity contribution is -0.379. The van der Waals surface area contributed by atoms with Gasteiger partial charge < -0.3 is 89.9 Å². The van der Waals surface area contributed by atoms with Crippen molar-refractivity contribution in [3.8, 4) is 0 Å². The van der Waals surface area contributed by atoms with Crippen LogP contribution in [0.5, 0.6) is 0 Å². The highest BCUT2D eigenvalue weighted by molar-refractivity contribution is 5.76. The molecule has 3 aliphatic rings. The van der Waals surface area contributed by atoms with E-state index in [1.807, 2.05) is 6.08 Å². The Bertz CT molecular complexity index is 1580. The molecule has 1 amide bonds. The normalized spacial score (nSPS) is 31.3. The Morgan fingerprint density at radius 3 is 1.34 bits per heavy atom. The molecular weight excluding hydrogens is 987 g/mol. The summed E-state index contributed by atoms with van der Waals surface area (Å²) >= 11 is 0. The molecule has 0 aromatic heterocycles. The number of rotatable bonds is 41. The van der Waals surface area contributed by atoms with Crippen LogP contribution >= 0.6 is 0 Å². The Morgan fingerprint density at radius 2 is 0.842 bits per heavy atom. The fourth-order valence-electron chi connectivity index (χ4n) is 9.51. The summed E-state index contributed by atoms with van der Waals surface area (Å²) in [6.45, 7) is 1.63. The van der Waals surface area contributed by atoms with Crippen molar-refractivity contribution in [2.24, 2.45) is 0 Å². The zero-order valence-electron chi connectivity index (χ0n) is 45.7. The van der Waals surface area contributed by atoms with Gasteiger partial charge in [-0.25, -0.2) is 0 Å². The van der Waals surface area contributed by atoms with Gasteiger partial charge in [-0.1, -0.05) is 146 Å². The van der Waals surface area contributed by atoms with Crippen LogP contribution in [0.4, 0.5) is 0 Å². The van der Waals surface area contributed by atoms with Crippen molar-refractivity contribution in [1.29, 1.82) is 0 Å². The van der Waals surface area contributed by atoms with Gasteiger partial charge in [-0.15, -0.1) is 0 Å². The van der Waals surface area contributed by atoms with Gasteiger partial charge in [-0.3, -0.25) is 4.79 Å². The Labute approximate surface area is 453 Å². The molecule has 3 fully saturated rings. The second-order valence-corrected chi connectivity index (χ2v) is 20.7. The van der Waals surface area contributed by atoms with Gasteiger partial charge in [0, 0.05) is 6.42 Å². The fraction of sp³-hybridized carbons (Fsp3) is 0.842. The minimum absolute atomic E-state index is 0.220. The topological polar surface area (TPSA) is 307 Å². The lowest BCUT2D eigenvalue weighted by Crippen LogP contribution is -2.66. The molecule has 3 aliphatic heterocycles. The number of unbranched alkanes of at least 4 members (excludes halogenated alkanes) is 19. The van der Waals surface area contributed by atoms with Gasteiger partial charge in [0.1, 0.15) is 73.2 Å². The number of carbonyl (C=O) groups excluding carboxylic acids is 1. The fourth-order valence-corrected chi connectivity index (χ4v) is 9.51. The summed E-state index contributed by atoms with van der Waals surface area (Å²) in [4.78, 5) is 13.3. The maximum absolute atomic E-state index is 13.3. The van der Waals surface area contributed by atoms with E-state index in [0.717, 1.165) is 64.2 Å². The van der Waals surface area contributed by atoms with E-state index < -0.39 is 124 Å². The summed E-state index contributed by atoms with van der Waals surface area (Å²) < 4.78 is 34.1. The highest BCUT2D eigenvalue weighted by Gasteiger charge is 2.53. The van der Waals surface area contributed by atoms with Gasteiger partial charge in [-0.05, 0) is 70.6 Å². The Kier molecular flexibility index (Phi) is 36.6. The number of aliphatic hydroxyl groups excluding tert-OH is 11. The standard InChI is InChI=1S/C57H101NO18/c1-3-5-7-9-11-13-15-17-18-19-20-21-22-23-24-26-28-30-32-34-41(62)40(58-45(63)35-33-31-29-27-25-16-14-12-10-8-6-4-2)39-71-55-51(69)48(66)53(43(37-60)73-55)76-57-52(70)49(67)54(44(38-61)74-57)75-56-50(68)47(65)46(64)42(36-59)72-56/h12,14,20-21,24,26,32,34,40-44,46-57,59-62,64-70H,3-11,13,15-19,22-23,25,27-31,33,35-39H2,1-2H3,(H,58,63)/b14-12-,21-20+,26-24+,34-32+. The van der Waals surface area contributed by atoms with E-state index in [-0.39, 0.29) is 18.9 Å². The molecule has 3 rings (SSSR count). The molecule has 0 aromatic carbocycles. The van der Waals surface area contributed by atoms with Gasteiger partial charge in [0.15, 0.2) is 18.9 Å². The minimum Gasteiger partial charge on any atom is -0.394 e. The SMILES string of the molecule is CCCCC/C=C\CCCCCCCC(=O)NC(COC1OC(CO)C(OC2OC(CO)C(OC3OC(CO)C(O)C(O)C3O)C(O)C2O)C(O)C1O)C(O)/C=C/CC/C=C/CC/C=C/CCCCCCCCCCC. The summed E-state index contributed by atoms with van der Waals surface area (Å²) in [6, 6.07) is -0.999. The highest BCUT2D eigenvalue weighted by atomic mass is 16.8. The molecule has 3 saturated heterocycles. The smallest absolute Gasteiger partial charge is 0.220 e. The highest BCUT2D eigenvalue weighted by Crippen LogP contribution is 2.33. The zero-order valence-corrected chi connectivity index (χ0v) is 45.7. The quantitative estimate of drug-likeness (QED) is 0.0300. The molecule has 12 N–H and O–H groups in total. The Balaban J connectivity index is 1.54. The molecule has 19 heteroatoms. The van der Waals surface area contributed by atoms with Gasteiger partial charge in [0.05, 0.1) is 38.6 Å². The third-order valence-electron chi connectivity index (χ3n) is 14.3. The average Bonchev–Trinajstić information content (AvgIpc) is 3.42. The van der Waals surface area contributed by atoms with Crippen LogP contribution in [-0.2, 0) is 33.2 Å². The second kappa shape index (κ2) is 40.9. The van der Waals surface area contributed by atoms with Gasteiger partial charge >= 0.3 is 0 Å². The molecule has 442 valence electrons. The van der Waals surface area contributed by atoms with Crippen LogP contribution in [0.3, 0.4) is 0 Å². The predicted octanol–water partition coefficient (Wildman–Crippen LogP) is 4.31. The monoisotopic (exact) mass is 1090 g/mol.